The first-order valence-electron chi connectivity index (χ1n) is 6.56. The number of hydrogen-bond acceptors (Lipinski definition) is 6. The van der Waals surface area contributed by atoms with Gasteiger partial charge in [-0.25, -0.2) is 4.68 Å². The van der Waals surface area contributed by atoms with Gasteiger partial charge in [0.05, 0.1) is 19.3 Å². The van der Waals surface area contributed by atoms with Gasteiger partial charge in [-0.2, -0.15) is 0 Å². The van der Waals surface area contributed by atoms with Gasteiger partial charge in [-0.05, 0) is 6.42 Å². The summed E-state index contributed by atoms with van der Waals surface area (Å²) < 4.78 is 6.27. The highest BCUT2D eigenvalue weighted by molar-refractivity contribution is 5.91. The van der Waals surface area contributed by atoms with E-state index in [1.54, 1.807) is 17.9 Å². The Balaban J connectivity index is 1.83. The van der Waals surface area contributed by atoms with E-state index in [0.29, 0.717) is 25.1 Å². The average Bonchev–Trinajstić information content (AvgIpc) is 2.84. The fraction of sp³-hybridized carbons (Fsp3) is 0.667. The number of rotatable bonds is 6. The van der Waals surface area contributed by atoms with Crippen molar-refractivity contribution in [2.24, 2.45) is 0 Å². The summed E-state index contributed by atoms with van der Waals surface area (Å²) in [6.07, 6.45) is 2.54. The predicted octanol–water partition coefficient (Wildman–Crippen LogP) is -0.552. The first-order chi connectivity index (χ1) is 9.61. The summed E-state index contributed by atoms with van der Waals surface area (Å²) in [6.45, 7) is 2.18. The van der Waals surface area contributed by atoms with Crippen LogP contribution in [0.2, 0.25) is 0 Å². The fourth-order valence-electron chi connectivity index (χ4n) is 1.87. The molecule has 0 bridgehead atoms. The van der Waals surface area contributed by atoms with E-state index in [2.05, 4.69) is 20.4 Å². The summed E-state index contributed by atoms with van der Waals surface area (Å²) in [4.78, 5) is 24.6. The smallest absolute Gasteiger partial charge is 0.305 e. The van der Waals surface area contributed by atoms with Crippen LogP contribution in [-0.4, -0.2) is 65.6 Å². The standard InChI is InChI=1S/C12H19N5O3/c1-16(5-3-4-11(18)20-2)12(19)10-8-17(15-14-10)9-6-13-7-9/h8-9,13H,3-7H2,1-2H3. The Hall–Kier alpha value is -1.96. The SMILES string of the molecule is COC(=O)CCCN(C)C(=O)c1cn(C2CNC2)nn1. The normalized spacial score (nSPS) is 14.7. The molecule has 0 spiro atoms. The van der Waals surface area contributed by atoms with Gasteiger partial charge in [0.25, 0.3) is 5.91 Å². The lowest BCUT2D eigenvalue weighted by molar-refractivity contribution is -0.140. The number of esters is 1. The maximum Gasteiger partial charge on any atom is 0.305 e. The van der Waals surface area contributed by atoms with Crippen molar-refractivity contribution < 1.29 is 14.3 Å². The molecule has 0 atom stereocenters. The van der Waals surface area contributed by atoms with Crippen LogP contribution in [0.3, 0.4) is 0 Å². The number of hydrogen-bond donors (Lipinski definition) is 1. The second-order valence-corrected chi connectivity index (χ2v) is 4.80. The van der Waals surface area contributed by atoms with Crippen molar-refractivity contribution in [2.45, 2.75) is 18.9 Å². The molecule has 0 aromatic carbocycles. The van der Waals surface area contributed by atoms with Gasteiger partial charge in [0.15, 0.2) is 5.69 Å². The molecule has 1 N–H and O–H groups in total. The van der Waals surface area contributed by atoms with E-state index in [-0.39, 0.29) is 17.9 Å². The topological polar surface area (TPSA) is 89.4 Å². The molecule has 1 saturated heterocycles. The van der Waals surface area contributed by atoms with Crippen molar-refractivity contribution in [3.63, 3.8) is 0 Å². The van der Waals surface area contributed by atoms with Crippen molar-refractivity contribution in [1.29, 1.82) is 0 Å². The van der Waals surface area contributed by atoms with Crippen LogP contribution < -0.4 is 5.32 Å². The fourth-order valence-corrected chi connectivity index (χ4v) is 1.87. The Bertz CT molecular complexity index is 483. The Morgan fingerprint density at radius 1 is 1.55 bits per heavy atom. The lowest BCUT2D eigenvalue weighted by Gasteiger charge is -2.26. The summed E-state index contributed by atoms with van der Waals surface area (Å²) in [7, 11) is 3.04. The molecule has 110 valence electrons. The molecular formula is C12H19N5O3. The molecule has 20 heavy (non-hydrogen) atoms. The summed E-state index contributed by atoms with van der Waals surface area (Å²) >= 11 is 0. The molecule has 0 aliphatic carbocycles. The van der Waals surface area contributed by atoms with E-state index in [4.69, 9.17) is 0 Å². The minimum Gasteiger partial charge on any atom is -0.469 e. The largest absolute Gasteiger partial charge is 0.469 e. The first kappa shape index (κ1) is 14.4. The Morgan fingerprint density at radius 2 is 2.30 bits per heavy atom. The highest BCUT2D eigenvalue weighted by atomic mass is 16.5. The van der Waals surface area contributed by atoms with Gasteiger partial charge in [0.1, 0.15) is 0 Å². The van der Waals surface area contributed by atoms with E-state index in [0.717, 1.165) is 13.1 Å². The quantitative estimate of drug-likeness (QED) is 0.704. The molecule has 2 rings (SSSR count). The van der Waals surface area contributed by atoms with E-state index >= 15 is 0 Å². The van der Waals surface area contributed by atoms with Gasteiger partial charge in [-0.15, -0.1) is 5.10 Å². The summed E-state index contributed by atoms with van der Waals surface area (Å²) in [5, 5.41) is 11.0. The molecular weight excluding hydrogens is 262 g/mol. The van der Waals surface area contributed by atoms with Crippen LogP contribution >= 0.6 is 0 Å². The second-order valence-electron chi connectivity index (χ2n) is 4.80. The molecule has 1 aliphatic rings. The van der Waals surface area contributed by atoms with Crippen molar-refractivity contribution >= 4 is 11.9 Å². The van der Waals surface area contributed by atoms with Crippen molar-refractivity contribution in [1.82, 2.24) is 25.2 Å². The van der Waals surface area contributed by atoms with E-state index < -0.39 is 0 Å². The van der Waals surface area contributed by atoms with E-state index in [1.807, 2.05) is 0 Å². The third-order valence-electron chi connectivity index (χ3n) is 3.31. The highest BCUT2D eigenvalue weighted by Gasteiger charge is 2.22. The van der Waals surface area contributed by atoms with Crippen LogP contribution in [0.25, 0.3) is 0 Å². The Morgan fingerprint density at radius 3 is 2.90 bits per heavy atom. The molecule has 1 amide bonds. The zero-order chi connectivity index (χ0) is 14.5. The average molecular weight is 281 g/mol. The molecule has 8 nitrogen and oxygen atoms in total. The minimum absolute atomic E-state index is 0.187. The first-order valence-corrected chi connectivity index (χ1v) is 6.56. The minimum atomic E-state index is -0.269. The molecule has 1 aliphatic heterocycles. The van der Waals surface area contributed by atoms with E-state index in [9.17, 15) is 9.59 Å². The highest BCUT2D eigenvalue weighted by Crippen LogP contribution is 2.10. The van der Waals surface area contributed by atoms with Gasteiger partial charge in [0.2, 0.25) is 0 Å². The Kier molecular flexibility index (Phi) is 4.67. The van der Waals surface area contributed by atoms with Crippen LogP contribution in [0.4, 0.5) is 0 Å². The molecule has 1 aromatic heterocycles. The van der Waals surface area contributed by atoms with Crippen molar-refractivity contribution in [2.75, 3.05) is 33.8 Å². The molecule has 1 aromatic rings. The summed E-state index contributed by atoms with van der Waals surface area (Å²) in [5.74, 6) is -0.456. The van der Waals surface area contributed by atoms with Gasteiger partial charge in [-0.1, -0.05) is 5.21 Å². The number of methoxy groups -OCH3 is 1. The molecule has 0 saturated carbocycles. The zero-order valence-electron chi connectivity index (χ0n) is 11.7. The number of nitrogens with one attached hydrogen (secondary N) is 1. The number of amides is 1. The van der Waals surface area contributed by atoms with Gasteiger partial charge >= 0.3 is 5.97 Å². The lowest BCUT2D eigenvalue weighted by atomic mass is 10.2. The number of nitrogens with zero attached hydrogens (tertiary/aromatic N) is 4. The van der Waals surface area contributed by atoms with Gasteiger partial charge < -0.3 is 15.0 Å². The van der Waals surface area contributed by atoms with Crippen LogP contribution in [0.1, 0.15) is 29.4 Å². The monoisotopic (exact) mass is 281 g/mol. The molecule has 0 unspecified atom stereocenters. The lowest BCUT2D eigenvalue weighted by Crippen LogP contribution is -2.43. The van der Waals surface area contributed by atoms with Gasteiger partial charge in [-0.3, -0.25) is 9.59 Å². The van der Waals surface area contributed by atoms with Crippen molar-refractivity contribution in [3.05, 3.63) is 11.9 Å². The maximum absolute atomic E-state index is 12.1. The van der Waals surface area contributed by atoms with Gasteiger partial charge in [0, 0.05) is 33.1 Å². The maximum atomic E-state index is 12.1. The summed E-state index contributed by atoms with van der Waals surface area (Å²) in [5.41, 5.74) is 0.331. The van der Waals surface area contributed by atoms with Crippen LogP contribution in [0.15, 0.2) is 6.20 Å². The number of carbonyl (C=O) groups excluding carboxylic acids is 2. The van der Waals surface area contributed by atoms with E-state index in [1.165, 1.54) is 12.0 Å². The molecule has 0 radical (unpaired) electrons. The van der Waals surface area contributed by atoms with Crippen LogP contribution in [-0.2, 0) is 9.53 Å². The number of aromatic nitrogens is 3. The summed E-state index contributed by atoms with van der Waals surface area (Å²) in [6, 6.07) is 0.286. The number of ether oxygens (including phenoxy) is 1. The zero-order valence-corrected chi connectivity index (χ0v) is 11.7. The molecule has 8 heteroatoms. The van der Waals surface area contributed by atoms with Crippen molar-refractivity contribution in [3.8, 4) is 0 Å². The molecule has 1 fully saturated rings. The Labute approximate surface area is 117 Å². The second kappa shape index (κ2) is 6.47. The predicted molar refractivity (Wildman–Crippen MR) is 70.1 cm³/mol. The van der Waals surface area contributed by atoms with Crippen LogP contribution in [0, 0.1) is 0 Å². The molecule has 2 heterocycles. The third kappa shape index (κ3) is 3.32. The van der Waals surface area contributed by atoms with Crippen LogP contribution in [0.5, 0.6) is 0 Å². The third-order valence-corrected chi connectivity index (χ3v) is 3.31. The number of carbonyl (C=O) groups is 2.